The van der Waals surface area contributed by atoms with Gasteiger partial charge in [-0.25, -0.2) is 0 Å². The lowest BCUT2D eigenvalue weighted by Crippen LogP contribution is -2.32. The van der Waals surface area contributed by atoms with Gasteiger partial charge in [0.05, 0.1) is 12.8 Å². The van der Waals surface area contributed by atoms with Crippen LogP contribution < -0.4 is 20.3 Å². The third kappa shape index (κ3) is 4.27. The lowest BCUT2D eigenvalue weighted by atomic mass is 10.1. The highest BCUT2D eigenvalue weighted by molar-refractivity contribution is 5.98. The largest absolute Gasteiger partial charge is 0.495 e. The fraction of sp³-hybridized carbons (Fsp3) is 0.364. The zero-order valence-electron chi connectivity index (χ0n) is 16.8. The van der Waals surface area contributed by atoms with Crippen LogP contribution in [0.15, 0.2) is 36.4 Å². The van der Waals surface area contributed by atoms with Crippen molar-refractivity contribution in [2.24, 2.45) is 0 Å². The van der Waals surface area contributed by atoms with E-state index in [1.807, 2.05) is 62.1 Å². The molecule has 0 saturated carbocycles. The van der Waals surface area contributed by atoms with Gasteiger partial charge in [0.1, 0.15) is 11.8 Å². The molecule has 1 atom stereocenters. The average molecular weight is 381 g/mol. The number of hydrogen-bond acceptors (Lipinski definition) is 4. The first-order valence-corrected chi connectivity index (χ1v) is 9.52. The zero-order chi connectivity index (χ0) is 20.3. The summed E-state index contributed by atoms with van der Waals surface area (Å²) in [4.78, 5) is 26.4. The van der Waals surface area contributed by atoms with Crippen LogP contribution in [0.25, 0.3) is 0 Å². The zero-order valence-corrected chi connectivity index (χ0v) is 16.8. The highest BCUT2D eigenvalue weighted by atomic mass is 16.5. The van der Waals surface area contributed by atoms with Gasteiger partial charge in [-0.05, 0) is 68.7 Å². The Bertz CT molecular complexity index is 895. The maximum Gasteiger partial charge on any atom is 0.246 e. The number of anilines is 3. The van der Waals surface area contributed by atoms with E-state index in [9.17, 15) is 9.59 Å². The van der Waals surface area contributed by atoms with Gasteiger partial charge in [0.15, 0.2) is 0 Å². The molecule has 0 radical (unpaired) electrons. The molecule has 1 aliphatic heterocycles. The van der Waals surface area contributed by atoms with Gasteiger partial charge in [0.25, 0.3) is 0 Å². The van der Waals surface area contributed by atoms with E-state index in [0.717, 1.165) is 35.5 Å². The van der Waals surface area contributed by atoms with E-state index in [1.54, 1.807) is 7.11 Å². The summed E-state index contributed by atoms with van der Waals surface area (Å²) in [6.45, 7) is 6.52. The number of benzene rings is 2. The molecule has 0 aliphatic carbocycles. The number of carbonyl (C=O) groups is 2. The molecule has 2 amide bonds. The molecule has 2 aromatic carbocycles. The molecule has 0 spiro atoms. The summed E-state index contributed by atoms with van der Waals surface area (Å²) in [5.74, 6) is 0.644. The van der Waals surface area contributed by atoms with Gasteiger partial charge in [0.2, 0.25) is 11.8 Å². The second-order valence-electron chi connectivity index (χ2n) is 7.21. The number of rotatable bonds is 6. The molecule has 6 nitrogen and oxygen atoms in total. The third-order valence-corrected chi connectivity index (χ3v) is 4.95. The molecule has 1 aliphatic rings. The Morgan fingerprint density at radius 3 is 2.61 bits per heavy atom. The van der Waals surface area contributed by atoms with Gasteiger partial charge in [-0.3, -0.25) is 9.59 Å². The Morgan fingerprint density at radius 1 is 1.18 bits per heavy atom. The van der Waals surface area contributed by atoms with Crippen LogP contribution in [0, 0.1) is 13.8 Å². The molecule has 1 saturated heterocycles. The van der Waals surface area contributed by atoms with Crippen molar-refractivity contribution >= 4 is 28.9 Å². The Balaban J connectivity index is 1.68. The summed E-state index contributed by atoms with van der Waals surface area (Å²) in [6.07, 6.45) is 1.51. The smallest absolute Gasteiger partial charge is 0.246 e. The third-order valence-electron chi connectivity index (χ3n) is 4.95. The monoisotopic (exact) mass is 381 g/mol. The van der Waals surface area contributed by atoms with Crippen LogP contribution >= 0.6 is 0 Å². The summed E-state index contributed by atoms with van der Waals surface area (Å²) >= 11 is 0. The maximum atomic E-state index is 12.6. The molecule has 6 heteroatoms. The topological polar surface area (TPSA) is 70.7 Å². The van der Waals surface area contributed by atoms with E-state index < -0.39 is 6.04 Å². The summed E-state index contributed by atoms with van der Waals surface area (Å²) in [5.41, 5.74) is 4.48. The van der Waals surface area contributed by atoms with Crippen molar-refractivity contribution in [2.45, 2.75) is 39.7 Å². The van der Waals surface area contributed by atoms with Crippen LogP contribution in [0.4, 0.5) is 17.1 Å². The molecule has 0 aromatic heterocycles. The molecule has 1 fully saturated rings. The summed E-state index contributed by atoms with van der Waals surface area (Å²) in [5, 5.41) is 6.15. The first-order valence-electron chi connectivity index (χ1n) is 9.52. The predicted molar refractivity (Wildman–Crippen MR) is 112 cm³/mol. The van der Waals surface area contributed by atoms with E-state index in [1.165, 1.54) is 0 Å². The first kappa shape index (κ1) is 19.7. The highest BCUT2D eigenvalue weighted by Crippen LogP contribution is 2.28. The van der Waals surface area contributed by atoms with Gasteiger partial charge in [0, 0.05) is 24.3 Å². The minimum atomic E-state index is -0.441. The van der Waals surface area contributed by atoms with Crippen LogP contribution in [0.2, 0.25) is 0 Å². The lowest BCUT2D eigenvalue weighted by Gasteiger charge is -2.21. The van der Waals surface area contributed by atoms with Gasteiger partial charge < -0.3 is 20.3 Å². The van der Waals surface area contributed by atoms with Crippen molar-refractivity contribution < 1.29 is 14.3 Å². The maximum absolute atomic E-state index is 12.6. The van der Waals surface area contributed by atoms with Crippen molar-refractivity contribution in [3.05, 3.63) is 47.5 Å². The summed E-state index contributed by atoms with van der Waals surface area (Å²) in [6, 6.07) is 11.0. The molecular formula is C22H27N3O3. The van der Waals surface area contributed by atoms with Gasteiger partial charge in [-0.15, -0.1) is 0 Å². The van der Waals surface area contributed by atoms with E-state index in [4.69, 9.17) is 4.74 Å². The quantitative estimate of drug-likeness (QED) is 0.797. The number of carbonyl (C=O) groups excluding carboxylic acids is 2. The Morgan fingerprint density at radius 2 is 1.96 bits per heavy atom. The molecule has 3 rings (SSSR count). The average Bonchev–Trinajstić information content (AvgIpc) is 3.07. The molecule has 1 heterocycles. The fourth-order valence-electron chi connectivity index (χ4n) is 3.43. The molecular weight excluding hydrogens is 354 g/mol. The van der Waals surface area contributed by atoms with Crippen LogP contribution in [0.3, 0.4) is 0 Å². The van der Waals surface area contributed by atoms with Crippen molar-refractivity contribution in [1.29, 1.82) is 0 Å². The van der Waals surface area contributed by atoms with Crippen LogP contribution in [-0.4, -0.2) is 31.5 Å². The number of ether oxygens (including phenoxy) is 1. The van der Waals surface area contributed by atoms with Crippen molar-refractivity contribution in [3.8, 4) is 5.75 Å². The molecule has 0 unspecified atom stereocenters. The predicted octanol–water partition coefficient (Wildman–Crippen LogP) is 3.88. The summed E-state index contributed by atoms with van der Waals surface area (Å²) < 4.78 is 5.32. The molecule has 2 N–H and O–H groups in total. The van der Waals surface area contributed by atoms with Crippen molar-refractivity contribution in [2.75, 3.05) is 29.2 Å². The Hall–Kier alpha value is -3.02. The summed E-state index contributed by atoms with van der Waals surface area (Å²) in [7, 11) is 1.58. The normalized spacial score (nSPS) is 14.7. The van der Waals surface area contributed by atoms with E-state index in [2.05, 4.69) is 10.6 Å². The lowest BCUT2D eigenvalue weighted by molar-refractivity contribution is -0.117. The standard InChI is InChI=1S/C22H27N3O3/c1-14-7-10-20(28-4)18(12-14)24-22(27)16(3)23-17-8-9-19(15(2)13-17)25-11-5-6-21(25)26/h7-10,12-13,16,23H,5-6,11H2,1-4H3,(H,24,27)/t16-/m1/s1. The highest BCUT2D eigenvalue weighted by Gasteiger charge is 2.23. The van der Waals surface area contributed by atoms with Crippen molar-refractivity contribution in [3.63, 3.8) is 0 Å². The number of amides is 2. The van der Waals surface area contributed by atoms with Crippen LogP contribution in [-0.2, 0) is 9.59 Å². The van der Waals surface area contributed by atoms with E-state index >= 15 is 0 Å². The van der Waals surface area contributed by atoms with Crippen LogP contribution in [0.1, 0.15) is 30.9 Å². The van der Waals surface area contributed by atoms with Crippen molar-refractivity contribution in [1.82, 2.24) is 0 Å². The van der Waals surface area contributed by atoms with Crippen LogP contribution in [0.5, 0.6) is 5.75 Å². The second kappa shape index (κ2) is 8.33. The second-order valence-corrected chi connectivity index (χ2v) is 7.21. The van der Waals surface area contributed by atoms with Gasteiger partial charge in [-0.1, -0.05) is 6.07 Å². The number of aryl methyl sites for hydroxylation is 2. The first-order chi connectivity index (χ1) is 13.4. The minimum absolute atomic E-state index is 0.152. The fourth-order valence-corrected chi connectivity index (χ4v) is 3.43. The Labute approximate surface area is 165 Å². The number of hydrogen-bond donors (Lipinski definition) is 2. The molecule has 2 aromatic rings. The van der Waals surface area contributed by atoms with E-state index in [-0.39, 0.29) is 11.8 Å². The number of nitrogens with one attached hydrogen (secondary N) is 2. The SMILES string of the molecule is COc1ccc(C)cc1NC(=O)[C@@H](C)Nc1ccc(N2CCCC2=O)c(C)c1. The van der Waals surface area contributed by atoms with Gasteiger partial charge >= 0.3 is 0 Å². The molecule has 148 valence electrons. The molecule has 28 heavy (non-hydrogen) atoms. The van der Waals surface area contributed by atoms with E-state index in [0.29, 0.717) is 17.9 Å². The minimum Gasteiger partial charge on any atom is -0.495 e. The number of nitrogens with zero attached hydrogens (tertiary/aromatic N) is 1. The number of methoxy groups -OCH3 is 1. The van der Waals surface area contributed by atoms with Gasteiger partial charge in [-0.2, -0.15) is 0 Å². The Kier molecular flexibility index (Phi) is 5.87. The molecule has 0 bridgehead atoms.